The molecule has 4 heteroatoms. The van der Waals surface area contributed by atoms with Crippen molar-refractivity contribution in [3.05, 3.63) is 33.8 Å². The number of halogens is 1. The van der Waals surface area contributed by atoms with Gasteiger partial charge in [0.05, 0.1) is 6.10 Å². The first-order chi connectivity index (χ1) is 8.59. The van der Waals surface area contributed by atoms with Gasteiger partial charge in [0.2, 0.25) is 0 Å². The molecule has 1 heterocycles. The topological polar surface area (TPSA) is 55.5 Å². The Bertz CT molecular complexity index is 416. The minimum atomic E-state index is -0.540. The van der Waals surface area contributed by atoms with Crippen LogP contribution >= 0.6 is 15.9 Å². The van der Waals surface area contributed by atoms with Crippen molar-refractivity contribution in [1.82, 2.24) is 0 Å². The molecule has 0 aliphatic carbocycles. The largest absolute Gasteiger partial charge is 0.388 e. The molecule has 1 fully saturated rings. The molecule has 1 saturated heterocycles. The number of benzene rings is 1. The molecule has 0 aromatic heterocycles. The summed E-state index contributed by atoms with van der Waals surface area (Å²) in [6.45, 7) is 3.88. The van der Waals surface area contributed by atoms with Crippen LogP contribution in [0.1, 0.15) is 30.1 Å². The van der Waals surface area contributed by atoms with E-state index in [1.807, 2.05) is 25.1 Å². The van der Waals surface area contributed by atoms with E-state index in [0.29, 0.717) is 19.8 Å². The minimum absolute atomic E-state index is 0.254. The zero-order valence-corrected chi connectivity index (χ0v) is 12.2. The molecule has 3 nitrogen and oxygen atoms in total. The summed E-state index contributed by atoms with van der Waals surface area (Å²) in [5.41, 5.74) is 7.77. The molecule has 18 heavy (non-hydrogen) atoms. The van der Waals surface area contributed by atoms with Crippen molar-refractivity contribution in [1.29, 1.82) is 0 Å². The van der Waals surface area contributed by atoms with Gasteiger partial charge in [0, 0.05) is 29.6 Å². The Morgan fingerprint density at radius 1 is 1.44 bits per heavy atom. The van der Waals surface area contributed by atoms with Crippen molar-refractivity contribution >= 4 is 15.9 Å². The Kier molecular flexibility index (Phi) is 4.43. The van der Waals surface area contributed by atoms with Crippen LogP contribution in [0.3, 0.4) is 0 Å². The molecule has 100 valence electrons. The maximum atomic E-state index is 10.7. The van der Waals surface area contributed by atoms with Gasteiger partial charge in [-0.3, -0.25) is 0 Å². The molecule has 1 aliphatic rings. The second kappa shape index (κ2) is 5.70. The molecule has 1 aromatic carbocycles. The van der Waals surface area contributed by atoms with E-state index >= 15 is 0 Å². The Morgan fingerprint density at radius 2 is 2.11 bits per heavy atom. The number of nitrogens with two attached hydrogens (primary N) is 1. The Morgan fingerprint density at radius 3 is 2.67 bits per heavy atom. The number of ether oxygens (including phenoxy) is 1. The summed E-state index contributed by atoms with van der Waals surface area (Å²) in [6, 6.07) is 6.03. The van der Waals surface area contributed by atoms with Gasteiger partial charge in [-0.15, -0.1) is 0 Å². The number of aliphatic hydroxyl groups is 1. The lowest BCUT2D eigenvalue weighted by atomic mass is 9.73. The molecule has 2 rings (SSSR count). The van der Waals surface area contributed by atoms with Crippen molar-refractivity contribution in [3.8, 4) is 0 Å². The number of aryl methyl sites for hydroxylation is 1. The first-order valence-corrected chi connectivity index (χ1v) is 7.10. The number of aliphatic hydroxyl groups excluding tert-OH is 1. The summed E-state index contributed by atoms with van der Waals surface area (Å²) < 4.78 is 6.34. The van der Waals surface area contributed by atoms with Crippen LogP contribution < -0.4 is 5.73 Å². The van der Waals surface area contributed by atoms with Crippen LogP contribution in [-0.2, 0) is 4.74 Å². The summed E-state index contributed by atoms with van der Waals surface area (Å²) in [6.07, 6.45) is 1.08. The van der Waals surface area contributed by atoms with Crippen molar-refractivity contribution in [2.75, 3.05) is 19.8 Å². The molecule has 1 unspecified atom stereocenters. The van der Waals surface area contributed by atoms with Gasteiger partial charge in [0.1, 0.15) is 0 Å². The van der Waals surface area contributed by atoms with Crippen LogP contribution in [0.25, 0.3) is 0 Å². The van der Waals surface area contributed by atoms with Gasteiger partial charge in [0.15, 0.2) is 0 Å². The van der Waals surface area contributed by atoms with Crippen molar-refractivity contribution in [2.45, 2.75) is 25.9 Å². The summed E-state index contributed by atoms with van der Waals surface area (Å²) >= 11 is 3.54. The van der Waals surface area contributed by atoms with E-state index < -0.39 is 6.10 Å². The van der Waals surface area contributed by atoms with E-state index in [-0.39, 0.29) is 5.41 Å². The third kappa shape index (κ3) is 2.62. The number of hydrogen-bond acceptors (Lipinski definition) is 3. The highest BCUT2D eigenvalue weighted by atomic mass is 79.9. The van der Waals surface area contributed by atoms with Crippen LogP contribution in [0.4, 0.5) is 0 Å². The molecule has 0 radical (unpaired) electrons. The van der Waals surface area contributed by atoms with E-state index in [0.717, 1.165) is 22.9 Å². The summed E-state index contributed by atoms with van der Waals surface area (Å²) in [5.74, 6) is 0. The average Bonchev–Trinajstić information content (AvgIpc) is 2.39. The van der Waals surface area contributed by atoms with Gasteiger partial charge in [0.25, 0.3) is 0 Å². The zero-order chi connectivity index (χ0) is 13.2. The molecule has 0 bridgehead atoms. The zero-order valence-electron chi connectivity index (χ0n) is 10.7. The van der Waals surface area contributed by atoms with Gasteiger partial charge < -0.3 is 15.6 Å². The van der Waals surface area contributed by atoms with Gasteiger partial charge in [-0.2, -0.15) is 0 Å². The first-order valence-electron chi connectivity index (χ1n) is 6.31. The summed E-state index contributed by atoms with van der Waals surface area (Å²) in [5, 5.41) is 10.7. The molecule has 0 saturated carbocycles. The quantitative estimate of drug-likeness (QED) is 0.901. The van der Waals surface area contributed by atoms with Crippen LogP contribution in [-0.4, -0.2) is 24.9 Å². The lowest BCUT2D eigenvalue weighted by molar-refractivity contribution is -0.0584. The molecule has 3 N–H and O–H groups in total. The van der Waals surface area contributed by atoms with Crippen LogP contribution in [0, 0.1) is 12.3 Å². The maximum absolute atomic E-state index is 10.7. The van der Waals surface area contributed by atoms with Gasteiger partial charge >= 0.3 is 0 Å². The predicted octanol–water partition coefficient (Wildman–Crippen LogP) is 2.55. The highest BCUT2D eigenvalue weighted by Crippen LogP contribution is 2.43. The van der Waals surface area contributed by atoms with Gasteiger partial charge in [-0.25, -0.2) is 0 Å². The van der Waals surface area contributed by atoms with E-state index in [4.69, 9.17) is 10.5 Å². The van der Waals surface area contributed by atoms with E-state index in [1.54, 1.807) is 0 Å². The normalized spacial score (nSPS) is 20.7. The molecule has 0 spiro atoms. The predicted molar refractivity (Wildman–Crippen MR) is 75.4 cm³/mol. The molecular weight excluding hydrogens is 294 g/mol. The van der Waals surface area contributed by atoms with Crippen molar-refractivity contribution in [3.63, 3.8) is 0 Å². The van der Waals surface area contributed by atoms with E-state index in [2.05, 4.69) is 15.9 Å². The second-order valence-electron chi connectivity index (χ2n) is 5.11. The fourth-order valence-corrected chi connectivity index (χ4v) is 3.26. The van der Waals surface area contributed by atoms with Gasteiger partial charge in [-0.05, 0) is 37.0 Å². The van der Waals surface area contributed by atoms with Crippen LogP contribution in [0.2, 0.25) is 0 Å². The smallest absolute Gasteiger partial charge is 0.0870 e. The maximum Gasteiger partial charge on any atom is 0.0870 e. The fraction of sp³-hybridized carbons (Fsp3) is 0.571. The summed E-state index contributed by atoms with van der Waals surface area (Å²) in [4.78, 5) is 0. The van der Waals surface area contributed by atoms with E-state index in [9.17, 15) is 5.11 Å². The second-order valence-corrected chi connectivity index (χ2v) is 5.96. The molecular formula is C14H20BrNO2. The third-order valence-electron chi connectivity index (χ3n) is 3.93. The molecule has 1 aromatic rings. The first kappa shape index (κ1) is 14.0. The molecule has 1 aliphatic heterocycles. The highest BCUT2D eigenvalue weighted by Gasteiger charge is 2.39. The number of rotatable bonds is 3. The average molecular weight is 314 g/mol. The highest BCUT2D eigenvalue weighted by molar-refractivity contribution is 9.10. The Labute approximate surface area is 116 Å². The molecule has 1 atom stereocenters. The van der Waals surface area contributed by atoms with Gasteiger partial charge in [-0.1, -0.05) is 28.1 Å². The summed E-state index contributed by atoms with van der Waals surface area (Å²) in [7, 11) is 0. The fourth-order valence-electron chi connectivity index (χ4n) is 2.55. The van der Waals surface area contributed by atoms with Crippen LogP contribution in [0.15, 0.2) is 22.7 Å². The Balaban J connectivity index is 2.30. The Hall–Kier alpha value is -0.420. The minimum Gasteiger partial charge on any atom is -0.388 e. The van der Waals surface area contributed by atoms with E-state index in [1.165, 1.54) is 5.56 Å². The third-order valence-corrected chi connectivity index (χ3v) is 4.61. The standard InChI is InChI=1S/C14H20BrNO2/c1-10-2-3-11(12(15)8-10)13(17)14(9-16)4-6-18-7-5-14/h2-3,8,13,17H,4-7,9,16H2,1H3. The lowest BCUT2D eigenvalue weighted by Crippen LogP contribution is -2.41. The van der Waals surface area contributed by atoms with Crippen molar-refractivity contribution in [2.24, 2.45) is 11.1 Å². The molecule has 0 amide bonds. The lowest BCUT2D eigenvalue weighted by Gasteiger charge is -2.40. The van der Waals surface area contributed by atoms with Crippen molar-refractivity contribution < 1.29 is 9.84 Å². The number of hydrogen-bond donors (Lipinski definition) is 2. The SMILES string of the molecule is Cc1ccc(C(O)C2(CN)CCOCC2)c(Br)c1. The van der Waals surface area contributed by atoms with Crippen LogP contribution in [0.5, 0.6) is 0 Å². The monoisotopic (exact) mass is 313 g/mol.